The maximum atomic E-state index is 13.0. The number of aromatic amines is 1. The summed E-state index contributed by atoms with van der Waals surface area (Å²) in [6.45, 7) is 0.522. The molecule has 9 heteroatoms. The molecule has 0 bridgehead atoms. The number of hydrogen-bond acceptors (Lipinski definition) is 4. The molecule has 0 amide bonds. The number of nitrogens with zero attached hydrogens (tertiary/aromatic N) is 1. The zero-order valence-corrected chi connectivity index (χ0v) is 12.8. The lowest BCUT2D eigenvalue weighted by Crippen LogP contribution is -2.24. The molecule has 2 aromatic rings. The molecule has 2 heterocycles. The molecule has 5 nitrogen and oxygen atoms in total. The van der Waals surface area contributed by atoms with Gasteiger partial charge in [0.1, 0.15) is 11.5 Å². The van der Waals surface area contributed by atoms with Gasteiger partial charge in [-0.25, -0.2) is 14.6 Å². The van der Waals surface area contributed by atoms with Crippen LogP contribution in [-0.2, 0) is 6.18 Å². The minimum Gasteiger partial charge on any atom is -0.302 e. The van der Waals surface area contributed by atoms with Crippen LogP contribution in [0.25, 0.3) is 6.08 Å². The second kappa shape index (κ2) is 6.77. The molecule has 1 aliphatic heterocycles. The van der Waals surface area contributed by atoms with Crippen molar-refractivity contribution in [2.75, 3.05) is 6.54 Å². The molecule has 3 N–H and O–H groups in total. The Morgan fingerprint density at radius 3 is 2.60 bits per heavy atom. The van der Waals surface area contributed by atoms with Crippen LogP contribution in [0.15, 0.2) is 41.2 Å². The third-order valence-electron chi connectivity index (χ3n) is 3.84. The minimum atomic E-state index is -4.65. The van der Waals surface area contributed by atoms with Gasteiger partial charge in [-0.2, -0.15) is 18.2 Å². The van der Waals surface area contributed by atoms with E-state index in [1.165, 1.54) is 18.2 Å². The van der Waals surface area contributed by atoms with E-state index in [-0.39, 0.29) is 23.5 Å². The fourth-order valence-electron chi connectivity index (χ4n) is 2.63. The summed E-state index contributed by atoms with van der Waals surface area (Å²) < 4.78 is 51.2. The molecule has 1 fully saturated rings. The van der Waals surface area contributed by atoms with E-state index in [1.807, 2.05) is 0 Å². The molecule has 0 radical (unpaired) electrons. The van der Waals surface area contributed by atoms with Crippen LogP contribution in [0.4, 0.5) is 17.6 Å². The predicted molar refractivity (Wildman–Crippen MR) is 82.7 cm³/mol. The lowest BCUT2D eigenvalue weighted by atomic mass is 9.94. The van der Waals surface area contributed by atoms with E-state index in [9.17, 15) is 22.4 Å². The summed E-state index contributed by atoms with van der Waals surface area (Å²) in [6.07, 6.45) is -1.61. The number of hydrazine groups is 1. The van der Waals surface area contributed by atoms with E-state index in [0.717, 1.165) is 11.6 Å². The Hall–Kier alpha value is -2.52. The quantitative estimate of drug-likeness (QED) is 0.741. The normalized spacial score (nSPS) is 21.1. The van der Waals surface area contributed by atoms with Gasteiger partial charge in [0.15, 0.2) is 0 Å². The van der Waals surface area contributed by atoms with Crippen LogP contribution in [0.2, 0.25) is 0 Å². The second-order valence-corrected chi connectivity index (χ2v) is 5.60. The number of halogens is 4. The first kappa shape index (κ1) is 17.3. The van der Waals surface area contributed by atoms with Gasteiger partial charge in [0.25, 0.3) is 0 Å². The van der Waals surface area contributed by atoms with E-state index < -0.39 is 17.6 Å². The number of hydrogen-bond donors (Lipinski definition) is 3. The van der Waals surface area contributed by atoms with Crippen LogP contribution >= 0.6 is 0 Å². The van der Waals surface area contributed by atoms with Crippen molar-refractivity contribution in [3.63, 3.8) is 0 Å². The van der Waals surface area contributed by atoms with Crippen molar-refractivity contribution in [1.82, 2.24) is 20.8 Å². The average Bonchev–Trinajstić information content (AvgIpc) is 3.01. The van der Waals surface area contributed by atoms with Crippen molar-refractivity contribution in [3.05, 3.63) is 69.7 Å². The van der Waals surface area contributed by atoms with Crippen LogP contribution in [0, 0.1) is 11.7 Å². The molecule has 1 aromatic heterocycles. The van der Waals surface area contributed by atoms with Crippen molar-refractivity contribution in [2.45, 2.75) is 12.2 Å². The Morgan fingerprint density at radius 2 is 1.92 bits per heavy atom. The molecule has 0 aliphatic carbocycles. The molecule has 2 unspecified atom stereocenters. The minimum absolute atomic E-state index is 0.0826. The van der Waals surface area contributed by atoms with Crippen molar-refractivity contribution in [1.29, 1.82) is 0 Å². The lowest BCUT2D eigenvalue weighted by Gasteiger charge is -2.15. The predicted octanol–water partition coefficient (Wildman–Crippen LogP) is 2.41. The van der Waals surface area contributed by atoms with Gasteiger partial charge in [-0.1, -0.05) is 18.2 Å². The van der Waals surface area contributed by atoms with E-state index in [2.05, 4.69) is 15.8 Å². The highest BCUT2D eigenvalue weighted by atomic mass is 19.4. The highest BCUT2D eigenvalue weighted by Crippen LogP contribution is 2.28. The summed E-state index contributed by atoms with van der Waals surface area (Å²) in [7, 11) is 0. The number of nitrogens with one attached hydrogen (secondary N) is 3. The first-order valence-corrected chi connectivity index (χ1v) is 7.43. The Labute approximate surface area is 139 Å². The zero-order valence-electron chi connectivity index (χ0n) is 12.8. The molecular formula is C16H14F4N4O. The van der Waals surface area contributed by atoms with Gasteiger partial charge >= 0.3 is 11.9 Å². The van der Waals surface area contributed by atoms with Gasteiger partial charge in [-0.15, -0.1) is 0 Å². The molecular weight excluding hydrogens is 340 g/mol. The summed E-state index contributed by atoms with van der Waals surface area (Å²) in [5.41, 5.74) is 4.53. The first-order chi connectivity index (χ1) is 11.8. The molecule has 3 rings (SSSR count). The van der Waals surface area contributed by atoms with Crippen LogP contribution in [-0.4, -0.2) is 16.5 Å². The monoisotopic (exact) mass is 354 g/mol. The molecule has 2 atom stereocenters. The van der Waals surface area contributed by atoms with Crippen LogP contribution in [0.3, 0.4) is 0 Å². The molecule has 25 heavy (non-hydrogen) atoms. The van der Waals surface area contributed by atoms with Gasteiger partial charge in [0.2, 0.25) is 0 Å². The third kappa shape index (κ3) is 4.12. The fourth-order valence-corrected chi connectivity index (χ4v) is 2.63. The maximum absolute atomic E-state index is 13.0. The summed E-state index contributed by atoms with van der Waals surface area (Å²) >= 11 is 0. The standard InChI is InChI=1S/C16H14F4N4O/c17-11-4-1-9(2-5-11)14-10(8-21-24-14)3-6-12-7-13(16(18,19)20)23-15(25)22-12/h1-7,10,14,21,24H,8H2,(H,22,23,25)/b6-3+. The summed E-state index contributed by atoms with van der Waals surface area (Å²) in [5, 5.41) is 0. The highest BCUT2D eigenvalue weighted by molar-refractivity contribution is 5.46. The lowest BCUT2D eigenvalue weighted by molar-refractivity contribution is -0.141. The van der Waals surface area contributed by atoms with Crippen LogP contribution in [0.5, 0.6) is 0 Å². The molecule has 1 aromatic carbocycles. The van der Waals surface area contributed by atoms with Gasteiger partial charge in [0, 0.05) is 12.5 Å². The summed E-state index contributed by atoms with van der Waals surface area (Å²) in [5.74, 6) is -0.463. The van der Waals surface area contributed by atoms with E-state index in [1.54, 1.807) is 23.2 Å². The zero-order chi connectivity index (χ0) is 18.0. The number of benzene rings is 1. The number of alkyl halides is 3. The number of rotatable bonds is 3. The highest BCUT2D eigenvalue weighted by Gasteiger charge is 2.32. The van der Waals surface area contributed by atoms with Crippen LogP contribution in [0.1, 0.15) is 23.0 Å². The van der Waals surface area contributed by atoms with Crippen LogP contribution < -0.4 is 16.5 Å². The molecule has 1 saturated heterocycles. The van der Waals surface area contributed by atoms with Gasteiger partial charge in [-0.05, 0) is 29.8 Å². The van der Waals surface area contributed by atoms with Crippen molar-refractivity contribution < 1.29 is 17.6 Å². The van der Waals surface area contributed by atoms with Crippen molar-refractivity contribution in [2.24, 2.45) is 5.92 Å². The van der Waals surface area contributed by atoms with E-state index in [4.69, 9.17) is 0 Å². The first-order valence-electron chi connectivity index (χ1n) is 7.43. The van der Waals surface area contributed by atoms with Crippen molar-refractivity contribution in [3.8, 4) is 0 Å². The molecule has 0 spiro atoms. The summed E-state index contributed by atoms with van der Waals surface area (Å²) in [4.78, 5) is 16.5. The molecule has 132 valence electrons. The Balaban J connectivity index is 1.82. The number of H-pyrrole nitrogens is 1. The molecule has 1 aliphatic rings. The second-order valence-electron chi connectivity index (χ2n) is 5.60. The van der Waals surface area contributed by atoms with E-state index in [0.29, 0.717) is 6.54 Å². The third-order valence-corrected chi connectivity index (χ3v) is 3.84. The fraction of sp³-hybridized carbons (Fsp3) is 0.250. The maximum Gasteiger partial charge on any atom is 0.431 e. The Morgan fingerprint density at radius 1 is 1.20 bits per heavy atom. The van der Waals surface area contributed by atoms with Crippen molar-refractivity contribution >= 4 is 6.08 Å². The summed E-state index contributed by atoms with van der Waals surface area (Å²) in [6, 6.07) is 6.54. The van der Waals surface area contributed by atoms with Gasteiger partial charge in [0.05, 0.1) is 11.7 Å². The average molecular weight is 354 g/mol. The largest absolute Gasteiger partial charge is 0.431 e. The SMILES string of the molecule is O=c1nc(/C=C/C2CNNC2c2ccc(F)cc2)cc(C(F)(F)F)[nH]1. The number of aromatic nitrogens is 2. The van der Waals surface area contributed by atoms with Gasteiger partial charge < -0.3 is 4.98 Å². The van der Waals surface area contributed by atoms with E-state index >= 15 is 0 Å². The molecule has 0 saturated carbocycles. The Bertz CT molecular complexity index is 829. The van der Waals surface area contributed by atoms with Gasteiger partial charge in [-0.3, -0.25) is 5.43 Å². The topological polar surface area (TPSA) is 69.8 Å². The Kier molecular flexibility index (Phi) is 4.69. The smallest absolute Gasteiger partial charge is 0.302 e.